The Morgan fingerprint density at radius 2 is 1.79 bits per heavy atom. The van der Waals surface area contributed by atoms with E-state index in [1.807, 2.05) is 50.2 Å². The molecule has 0 aliphatic carbocycles. The summed E-state index contributed by atoms with van der Waals surface area (Å²) in [6.07, 6.45) is 0. The second-order valence-corrected chi connectivity index (χ2v) is 5.38. The number of carbonyl (C=O) groups is 1. The van der Waals surface area contributed by atoms with Crippen LogP contribution in [0.2, 0.25) is 0 Å². The smallest absolute Gasteiger partial charge is 0.316 e. The van der Waals surface area contributed by atoms with E-state index in [2.05, 4.69) is 5.32 Å². The maximum absolute atomic E-state index is 10.5. The summed E-state index contributed by atoms with van der Waals surface area (Å²) < 4.78 is 5.00. The molecular weight excluding hydrogens is 306 g/mol. The summed E-state index contributed by atoms with van der Waals surface area (Å²) in [4.78, 5) is 12.5. The van der Waals surface area contributed by atoms with Crippen molar-refractivity contribution < 1.29 is 9.53 Å². The van der Waals surface area contributed by atoms with Gasteiger partial charge in [-0.25, -0.2) is 4.79 Å². The van der Waals surface area contributed by atoms with Crippen molar-refractivity contribution in [2.45, 2.75) is 6.92 Å². The van der Waals surface area contributed by atoms with Gasteiger partial charge in [0.2, 0.25) is 0 Å². The fourth-order valence-corrected chi connectivity index (χ4v) is 1.90. The number of ether oxygens (including phenoxy) is 1. The molecule has 0 aromatic heterocycles. The van der Waals surface area contributed by atoms with E-state index in [9.17, 15) is 4.79 Å². The van der Waals surface area contributed by atoms with Crippen molar-refractivity contribution in [3.8, 4) is 5.75 Å². The molecule has 0 saturated heterocycles. The Bertz CT molecular complexity index is 701. The zero-order valence-electron chi connectivity index (χ0n) is 14.5. The molecule has 0 fully saturated rings. The predicted octanol–water partition coefficient (Wildman–Crippen LogP) is 2.41. The van der Waals surface area contributed by atoms with Crippen molar-refractivity contribution in [3.63, 3.8) is 0 Å². The summed E-state index contributed by atoms with van der Waals surface area (Å²) in [5.74, 6) is 0.678. The lowest BCUT2D eigenvalue weighted by molar-refractivity contribution is 0.259. The van der Waals surface area contributed by atoms with Crippen molar-refractivity contribution in [1.82, 2.24) is 0 Å². The van der Waals surface area contributed by atoms with Gasteiger partial charge in [-0.15, -0.1) is 0 Å². The Kier molecular flexibility index (Phi) is 6.73. The van der Waals surface area contributed by atoms with E-state index in [1.165, 1.54) is 0 Å². The molecule has 0 saturated carbocycles. The van der Waals surface area contributed by atoms with Gasteiger partial charge in [0.15, 0.2) is 0 Å². The molecule has 7 nitrogen and oxygen atoms in total. The lowest BCUT2D eigenvalue weighted by Gasteiger charge is -2.13. The lowest BCUT2D eigenvalue weighted by atomic mass is 10.2. The van der Waals surface area contributed by atoms with Crippen LogP contribution in [0, 0.1) is 6.92 Å². The number of amides is 2. The zero-order valence-corrected chi connectivity index (χ0v) is 14.5. The number of aryl methyl sites for hydroxylation is 1. The standard InChI is InChI=1S/C9H13N3O.C8H12N2O/c1-12(2)8-5-3-4-7(6-8)11-9(10)13;1-5-3-8(11-2)7(10)4-6(5)9/h3-6H,1-2H3,(H3,10,11,13);3-4H,9-10H2,1-2H3. The Labute approximate surface area is 142 Å². The normalized spacial score (nSPS) is 9.50. The fraction of sp³-hybridized carbons (Fsp3) is 0.235. The SMILES string of the molecule is CN(C)c1cccc(NC(N)=O)c1.COc1cc(C)c(N)cc1N. The van der Waals surface area contributed by atoms with E-state index in [0.29, 0.717) is 22.8 Å². The first-order valence-corrected chi connectivity index (χ1v) is 7.28. The molecule has 0 aliphatic heterocycles. The van der Waals surface area contributed by atoms with E-state index >= 15 is 0 Å². The molecule has 24 heavy (non-hydrogen) atoms. The highest BCUT2D eigenvalue weighted by atomic mass is 16.5. The number of primary amides is 1. The van der Waals surface area contributed by atoms with Gasteiger partial charge < -0.3 is 32.2 Å². The minimum Gasteiger partial charge on any atom is -0.495 e. The third-order valence-corrected chi connectivity index (χ3v) is 3.25. The van der Waals surface area contributed by atoms with Crippen LogP contribution in [0.5, 0.6) is 5.75 Å². The minimum absolute atomic E-state index is 0.545. The number of urea groups is 1. The molecule has 7 N–H and O–H groups in total. The average Bonchev–Trinajstić information content (AvgIpc) is 2.51. The summed E-state index contributed by atoms with van der Waals surface area (Å²) in [5.41, 5.74) is 20.2. The van der Waals surface area contributed by atoms with Crippen LogP contribution >= 0.6 is 0 Å². The molecule has 0 bridgehead atoms. The first kappa shape index (κ1) is 19.0. The first-order valence-electron chi connectivity index (χ1n) is 7.28. The number of benzene rings is 2. The number of nitrogen functional groups attached to an aromatic ring is 2. The van der Waals surface area contributed by atoms with Crippen molar-refractivity contribution in [2.75, 3.05) is 42.9 Å². The van der Waals surface area contributed by atoms with E-state index in [-0.39, 0.29) is 0 Å². The summed E-state index contributed by atoms with van der Waals surface area (Å²) in [6, 6.07) is 10.4. The van der Waals surface area contributed by atoms with Crippen LogP contribution in [0.4, 0.5) is 27.5 Å². The van der Waals surface area contributed by atoms with Gasteiger partial charge in [0.25, 0.3) is 0 Å². The number of hydrogen-bond acceptors (Lipinski definition) is 5. The molecule has 2 rings (SSSR count). The van der Waals surface area contributed by atoms with Gasteiger partial charge >= 0.3 is 6.03 Å². The van der Waals surface area contributed by atoms with Gasteiger partial charge in [0.05, 0.1) is 12.8 Å². The molecule has 0 unspecified atom stereocenters. The molecule has 0 heterocycles. The van der Waals surface area contributed by atoms with Crippen LogP contribution in [0.25, 0.3) is 0 Å². The van der Waals surface area contributed by atoms with Crippen LogP contribution in [0.3, 0.4) is 0 Å². The summed E-state index contributed by atoms with van der Waals surface area (Å²) in [6.45, 7) is 1.91. The molecule has 0 aliphatic rings. The molecule has 0 atom stereocenters. The number of nitrogens with two attached hydrogens (primary N) is 3. The van der Waals surface area contributed by atoms with Crippen LogP contribution < -0.4 is 32.2 Å². The highest BCUT2D eigenvalue weighted by molar-refractivity contribution is 5.88. The molecule has 2 amide bonds. The molecule has 0 radical (unpaired) electrons. The number of carbonyl (C=O) groups excluding carboxylic acids is 1. The van der Waals surface area contributed by atoms with Gasteiger partial charge in [-0.1, -0.05) is 6.07 Å². The maximum Gasteiger partial charge on any atom is 0.316 e. The average molecular weight is 331 g/mol. The van der Waals surface area contributed by atoms with Gasteiger partial charge in [-0.3, -0.25) is 0 Å². The largest absolute Gasteiger partial charge is 0.495 e. The van der Waals surface area contributed by atoms with Crippen molar-refractivity contribution in [1.29, 1.82) is 0 Å². The Balaban J connectivity index is 0.000000243. The second kappa shape index (κ2) is 8.52. The predicted molar refractivity (Wildman–Crippen MR) is 101 cm³/mol. The first-order chi connectivity index (χ1) is 11.2. The van der Waals surface area contributed by atoms with Gasteiger partial charge in [0.1, 0.15) is 5.75 Å². The highest BCUT2D eigenvalue weighted by Gasteiger charge is 2.01. The van der Waals surface area contributed by atoms with E-state index in [0.717, 1.165) is 11.3 Å². The van der Waals surface area contributed by atoms with E-state index < -0.39 is 6.03 Å². The molecule has 2 aromatic carbocycles. The highest BCUT2D eigenvalue weighted by Crippen LogP contribution is 2.26. The quantitative estimate of drug-likeness (QED) is 0.644. The molecule has 7 heteroatoms. The number of nitrogens with zero attached hydrogens (tertiary/aromatic N) is 1. The zero-order chi connectivity index (χ0) is 18.3. The molecule has 0 spiro atoms. The number of nitrogens with one attached hydrogen (secondary N) is 1. The monoisotopic (exact) mass is 331 g/mol. The van der Waals surface area contributed by atoms with Gasteiger partial charge in [-0.05, 0) is 42.8 Å². The summed E-state index contributed by atoms with van der Waals surface area (Å²) >= 11 is 0. The number of rotatable bonds is 3. The van der Waals surface area contributed by atoms with E-state index in [1.54, 1.807) is 19.2 Å². The summed E-state index contributed by atoms with van der Waals surface area (Å²) in [5, 5.41) is 2.51. The Hall–Kier alpha value is -3.09. The van der Waals surface area contributed by atoms with E-state index in [4.69, 9.17) is 21.9 Å². The Morgan fingerprint density at radius 3 is 2.33 bits per heavy atom. The van der Waals surface area contributed by atoms with Crippen molar-refractivity contribution in [2.24, 2.45) is 5.73 Å². The maximum atomic E-state index is 10.5. The van der Waals surface area contributed by atoms with Crippen LogP contribution in [-0.4, -0.2) is 27.2 Å². The van der Waals surface area contributed by atoms with Crippen LogP contribution in [0.15, 0.2) is 36.4 Å². The number of hydrogen-bond donors (Lipinski definition) is 4. The fourth-order valence-electron chi connectivity index (χ4n) is 1.90. The third kappa shape index (κ3) is 5.60. The summed E-state index contributed by atoms with van der Waals surface area (Å²) in [7, 11) is 5.45. The van der Waals surface area contributed by atoms with Crippen molar-refractivity contribution in [3.05, 3.63) is 42.0 Å². The molecular formula is C17H25N5O2. The van der Waals surface area contributed by atoms with Crippen LogP contribution in [-0.2, 0) is 0 Å². The van der Waals surface area contributed by atoms with Gasteiger partial charge in [0, 0.05) is 31.2 Å². The molecule has 2 aromatic rings. The minimum atomic E-state index is -0.545. The Morgan fingerprint density at radius 1 is 1.12 bits per heavy atom. The lowest BCUT2D eigenvalue weighted by Crippen LogP contribution is -2.19. The topological polar surface area (TPSA) is 120 Å². The van der Waals surface area contributed by atoms with Crippen LogP contribution in [0.1, 0.15) is 5.56 Å². The van der Waals surface area contributed by atoms with Gasteiger partial charge in [-0.2, -0.15) is 0 Å². The van der Waals surface area contributed by atoms with Crippen molar-refractivity contribution >= 4 is 28.8 Å². The second-order valence-electron chi connectivity index (χ2n) is 5.38. The number of anilines is 4. The third-order valence-electron chi connectivity index (χ3n) is 3.25. The molecule has 130 valence electrons. The number of methoxy groups -OCH3 is 1.